The van der Waals surface area contributed by atoms with Crippen molar-refractivity contribution >= 4 is 27.8 Å². The van der Waals surface area contributed by atoms with Gasteiger partial charge >= 0.3 is 5.97 Å². The molecule has 3 aromatic rings. The number of aromatic nitrogens is 1. The van der Waals surface area contributed by atoms with Crippen molar-refractivity contribution in [2.75, 3.05) is 0 Å². The summed E-state index contributed by atoms with van der Waals surface area (Å²) in [6.45, 7) is 3.60. The maximum atomic E-state index is 10.9. The van der Waals surface area contributed by atoms with Gasteiger partial charge in [0.05, 0.1) is 12.1 Å². The summed E-state index contributed by atoms with van der Waals surface area (Å²) in [7, 11) is 0. The lowest BCUT2D eigenvalue weighted by Gasteiger charge is -2.13. The van der Waals surface area contributed by atoms with Gasteiger partial charge in [0.1, 0.15) is 6.10 Å². The average molecular weight is 281 g/mol. The van der Waals surface area contributed by atoms with Crippen LogP contribution in [-0.2, 0) is 11.3 Å². The van der Waals surface area contributed by atoms with Crippen molar-refractivity contribution < 1.29 is 15.0 Å². The second-order valence-electron chi connectivity index (χ2n) is 4.99. The molecule has 4 nitrogen and oxygen atoms in total. The molecule has 0 saturated heterocycles. The number of carbonyl (C=O) groups is 1. The number of fused-ring (bicyclic) bond motifs is 3. The van der Waals surface area contributed by atoms with E-state index in [1.165, 1.54) is 0 Å². The number of hydrogen-bond donors (Lipinski definition) is 2. The third-order valence-corrected chi connectivity index (χ3v) is 3.71. The largest absolute Gasteiger partial charge is 0.478 e. The molecule has 1 atom stereocenters. The molecule has 1 unspecified atom stereocenters. The molecular formula is C17H15NO3. The van der Waals surface area contributed by atoms with Crippen LogP contribution in [0, 0.1) is 0 Å². The summed E-state index contributed by atoms with van der Waals surface area (Å²) in [6, 6.07) is 15.7. The van der Waals surface area contributed by atoms with Crippen LogP contribution in [0.2, 0.25) is 0 Å². The summed E-state index contributed by atoms with van der Waals surface area (Å²) in [5.41, 5.74) is 1.74. The van der Waals surface area contributed by atoms with Crippen LogP contribution in [0.5, 0.6) is 0 Å². The number of hydrogen-bond acceptors (Lipinski definition) is 2. The molecule has 1 heterocycles. The van der Waals surface area contributed by atoms with Crippen LogP contribution in [0.3, 0.4) is 0 Å². The second kappa shape index (κ2) is 5.07. The number of rotatable bonds is 4. The SMILES string of the molecule is C=C(C(=O)O)C(O)Cn1c2ccccc2c2ccccc21. The molecule has 1 aromatic heterocycles. The number of carboxylic acid groups (broad SMARTS) is 1. The number of nitrogens with zero attached hydrogens (tertiary/aromatic N) is 1. The molecule has 2 aromatic carbocycles. The number of carboxylic acids is 1. The third kappa shape index (κ3) is 2.19. The van der Waals surface area contributed by atoms with Gasteiger partial charge in [-0.3, -0.25) is 0 Å². The second-order valence-corrected chi connectivity index (χ2v) is 4.99. The Morgan fingerprint density at radius 2 is 1.52 bits per heavy atom. The molecule has 4 heteroatoms. The maximum absolute atomic E-state index is 10.9. The summed E-state index contributed by atoms with van der Waals surface area (Å²) < 4.78 is 1.93. The lowest BCUT2D eigenvalue weighted by molar-refractivity contribution is -0.133. The summed E-state index contributed by atoms with van der Waals surface area (Å²) in [5, 5.41) is 21.2. The summed E-state index contributed by atoms with van der Waals surface area (Å²) >= 11 is 0. The van der Waals surface area contributed by atoms with Gasteiger partial charge in [0, 0.05) is 21.8 Å². The molecule has 0 aliphatic heterocycles. The predicted molar refractivity (Wildman–Crippen MR) is 82.2 cm³/mol. The van der Waals surface area contributed by atoms with E-state index in [1.54, 1.807) is 0 Å². The van der Waals surface area contributed by atoms with E-state index in [9.17, 15) is 9.90 Å². The Labute approximate surface area is 121 Å². The van der Waals surface area contributed by atoms with Crippen LogP contribution in [0.1, 0.15) is 0 Å². The Balaban J connectivity index is 2.16. The highest BCUT2D eigenvalue weighted by Gasteiger charge is 2.18. The fourth-order valence-electron chi connectivity index (χ4n) is 2.63. The summed E-state index contributed by atoms with van der Waals surface area (Å²) in [6.07, 6.45) is -1.12. The highest BCUT2D eigenvalue weighted by Crippen LogP contribution is 2.29. The fourth-order valence-corrected chi connectivity index (χ4v) is 2.63. The lowest BCUT2D eigenvalue weighted by atomic mass is 10.1. The Hall–Kier alpha value is -2.59. The van der Waals surface area contributed by atoms with E-state index in [1.807, 2.05) is 53.1 Å². The number of aliphatic hydroxyl groups excluding tert-OH is 1. The average Bonchev–Trinajstić information content (AvgIpc) is 2.81. The molecule has 3 rings (SSSR count). The van der Waals surface area contributed by atoms with Crippen molar-refractivity contribution in [2.45, 2.75) is 12.6 Å². The molecule has 0 bridgehead atoms. The predicted octanol–water partition coefficient (Wildman–Crippen LogP) is 2.80. The molecule has 106 valence electrons. The van der Waals surface area contributed by atoms with Gasteiger partial charge in [0.2, 0.25) is 0 Å². The standard InChI is InChI=1S/C17H15NO3/c1-11(17(20)21)16(19)10-18-14-8-4-2-6-12(14)13-7-3-5-9-15(13)18/h2-9,16,19H,1,10H2,(H,20,21). The van der Waals surface area contributed by atoms with Crippen LogP contribution < -0.4 is 0 Å². The van der Waals surface area contributed by atoms with Crippen molar-refractivity contribution in [2.24, 2.45) is 0 Å². The fraction of sp³-hybridized carbons (Fsp3) is 0.118. The highest BCUT2D eigenvalue weighted by atomic mass is 16.4. The molecule has 21 heavy (non-hydrogen) atoms. The number of para-hydroxylation sites is 2. The van der Waals surface area contributed by atoms with Gasteiger partial charge in [-0.2, -0.15) is 0 Å². The minimum absolute atomic E-state index is 0.166. The van der Waals surface area contributed by atoms with Gasteiger partial charge in [-0.05, 0) is 12.1 Å². The quantitative estimate of drug-likeness (QED) is 0.723. The lowest BCUT2D eigenvalue weighted by Crippen LogP contribution is -2.22. The molecule has 0 aliphatic rings. The van der Waals surface area contributed by atoms with Crippen molar-refractivity contribution in [3.63, 3.8) is 0 Å². The van der Waals surface area contributed by atoms with Gasteiger partial charge in [-0.1, -0.05) is 43.0 Å². The van der Waals surface area contributed by atoms with Gasteiger partial charge < -0.3 is 14.8 Å². The highest BCUT2D eigenvalue weighted by molar-refractivity contribution is 6.08. The van der Waals surface area contributed by atoms with Crippen molar-refractivity contribution in [3.8, 4) is 0 Å². The maximum Gasteiger partial charge on any atom is 0.333 e. The zero-order valence-electron chi connectivity index (χ0n) is 11.4. The number of benzene rings is 2. The van der Waals surface area contributed by atoms with Crippen LogP contribution in [0.25, 0.3) is 21.8 Å². The van der Waals surface area contributed by atoms with E-state index in [2.05, 4.69) is 6.58 Å². The minimum atomic E-state index is -1.18. The Kier molecular flexibility index (Phi) is 3.23. The van der Waals surface area contributed by atoms with Crippen molar-refractivity contribution in [3.05, 3.63) is 60.7 Å². The third-order valence-electron chi connectivity index (χ3n) is 3.71. The van der Waals surface area contributed by atoms with Crippen molar-refractivity contribution in [1.29, 1.82) is 0 Å². The van der Waals surface area contributed by atoms with Crippen LogP contribution in [0.15, 0.2) is 60.7 Å². The summed E-state index contributed by atoms with van der Waals surface area (Å²) in [5.74, 6) is -1.18. The molecule has 0 fully saturated rings. The van der Waals surface area contributed by atoms with E-state index in [-0.39, 0.29) is 12.1 Å². The first kappa shape index (κ1) is 13.4. The molecule has 0 radical (unpaired) electrons. The first-order valence-electron chi connectivity index (χ1n) is 6.65. The Morgan fingerprint density at radius 3 is 2.00 bits per heavy atom. The number of aliphatic hydroxyl groups is 1. The summed E-state index contributed by atoms with van der Waals surface area (Å²) in [4.78, 5) is 10.9. The first-order chi connectivity index (χ1) is 10.1. The molecule has 0 spiro atoms. The van der Waals surface area contributed by atoms with Crippen LogP contribution in [-0.4, -0.2) is 26.9 Å². The van der Waals surface area contributed by atoms with E-state index in [0.717, 1.165) is 21.8 Å². The van der Waals surface area contributed by atoms with Gasteiger partial charge in [0.25, 0.3) is 0 Å². The minimum Gasteiger partial charge on any atom is -0.478 e. The van der Waals surface area contributed by atoms with Crippen molar-refractivity contribution in [1.82, 2.24) is 4.57 Å². The van der Waals surface area contributed by atoms with E-state index >= 15 is 0 Å². The smallest absolute Gasteiger partial charge is 0.333 e. The zero-order valence-corrected chi connectivity index (χ0v) is 11.4. The van der Waals surface area contributed by atoms with Gasteiger partial charge in [-0.25, -0.2) is 4.79 Å². The van der Waals surface area contributed by atoms with E-state index < -0.39 is 12.1 Å². The first-order valence-corrected chi connectivity index (χ1v) is 6.65. The van der Waals surface area contributed by atoms with Crippen LogP contribution in [0.4, 0.5) is 0 Å². The van der Waals surface area contributed by atoms with E-state index in [4.69, 9.17) is 5.11 Å². The van der Waals surface area contributed by atoms with Gasteiger partial charge in [-0.15, -0.1) is 0 Å². The van der Waals surface area contributed by atoms with E-state index in [0.29, 0.717) is 0 Å². The molecular weight excluding hydrogens is 266 g/mol. The monoisotopic (exact) mass is 281 g/mol. The Morgan fingerprint density at radius 1 is 1.05 bits per heavy atom. The molecule has 0 aliphatic carbocycles. The van der Waals surface area contributed by atoms with Crippen LogP contribution >= 0.6 is 0 Å². The zero-order chi connectivity index (χ0) is 15.0. The molecule has 2 N–H and O–H groups in total. The molecule has 0 saturated carbocycles. The molecule has 0 amide bonds. The topological polar surface area (TPSA) is 62.5 Å². The van der Waals surface area contributed by atoms with Gasteiger partial charge in [0.15, 0.2) is 0 Å². The Bertz CT molecular complexity index is 794. The normalized spacial score (nSPS) is 12.6. The number of aliphatic carboxylic acids is 1.